The Morgan fingerprint density at radius 2 is 1.25 bits per heavy atom. The second-order valence-corrected chi connectivity index (χ2v) is 39.5. The predicted octanol–water partition coefficient (Wildman–Crippen LogP) is 5.35. The van der Waals surface area contributed by atoms with Crippen molar-refractivity contribution in [3.63, 3.8) is 0 Å². The van der Waals surface area contributed by atoms with E-state index in [9.17, 15) is 4.79 Å². The van der Waals surface area contributed by atoms with Gasteiger partial charge < -0.3 is 17.7 Å². The van der Waals surface area contributed by atoms with Crippen molar-refractivity contribution in [3.05, 3.63) is 12.2 Å². The van der Waals surface area contributed by atoms with Crippen LogP contribution in [0.4, 0.5) is 0 Å². The fourth-order valence-electron chi connectivity index (χ4n) is 2.35. The Kier molecular flexibility index (Phi) is 10.0. The third kappa shape index (κ3) is 10.8. The monoisotopic (exact) mass is 479 g/mol. The number of amides is 1. The highest BCUT2D eigenvalue weighted by Crippen LogP contribution is 2.32. The molecule has 0 saturated carbocycles. The lowest BCUT2D eigenvalue weighted by molar-refractivity contribution is -0.117. The van der Waals surface area contributed by atoms with Gasteiger partial charge in [0.1, 0.15) is 0 Å². The van der Waals surface area contributed by atoms with Crippen molar-refractivity contribution >= 4 is 46.8 Å². The molecule has 0 heterocycles. The van der Waals surface area contributed by atoms with E-state index in [0.29, 0.717) is 12.1 Å². The fourth-order valence-corrected chi connectivity index (χ4v) is 21.8. The van der Waals surface area contributed by atoms with Crippen LogP contribution in [0.3, 0.4) is 0 Å². The number of rotatable bonds is 12. The van der Waals surface area contributed by atoms with Crippen molar-refractivity contribution in [2.45, 2.75) is 91.4 Å². The summed E-state index contributed by atoms with van der Waals surface area (Å²) in [5.74, 6) is -0.0952. The molecule has 5 nitrogen and oxygen atoms in total. The molecule has 0 rings (SSSR count). The average Bonchev–Trinajstić information content (AvgIpc) is 2.37. The van der Waals surface area contributed by atoms with Gasteiger partial charge in [0.25, 0.3) is 0 Å². The van der Waals surface area contributed by atoms with Gasteiger partial charge in [0.2, 0.25) is 5.91 Å². The molecular formula is C18H45NO4Si5. The van der Waals surface area contributed by atoms with Crippen molar-refractivity contribution in [3.8, 4) is 0 Å². The molecule has 0 aromatic rings. The molecule has 1 amide bonds. The molecule has 1 N–H and O–H groups in total. The molecule has 0 aliphatic heterocycles. The summed E-state index contributed by atoms with van der Waals surface area (Å²) < 4.78 is 20.6. The number of carbonyl (C=O) groups excluding carboxylic acids is 1. The lowest BCUT2D eigenvalue weighted by atomic mass is 10.3. The summed E-state index contributed by atoms with van der Waals surface area (Å²) >= 11 is 0. The van der Waals surface area contributed by atoms with Gasteiger partial charge in [0.15, 0.2) is 24.5 Å². The van der Waals surface area contributed by atoms with Crippen LogP contribution in [0.25, 0.3) is 0 Å². The molecule has 0 atom stereocenters. The molecule has 0 aromatic heterocycles. The first-order valence-electron chi connectivity index (χ1n) is 10.2. The summed E-state index contributed by atoms with van der Waals surface area (Å²) in [6.07, 6.45) is 0.788. The molecule has 0 fully saturated rings. The Hall–Kier alpha value is 0.174. The summed E-state index contributed by atoms with van der Waals surface area (Å²) in [6, 6.07) is 0.749. The number of nitrogens with one attached hydrogen (secondary N) is 1. The summed E-state index contributed by atoms with van der Waals surface area (Å²) in [7, 11) is -10.1. The van der Waals surface area contributed by atoms with Crippen LogP contribution in [-0.2, 0) is 17.1 Å². The maximum atomic E-state index is 11.8. The van der Waals surface area contributed by atoms with E-state index in [2.05, 4.69) is 83.9 Å². The number of hydrogen-bond donors (Lipinski definition) is 1. The van der Waals surface area contributed by atoms with Crippen molar-refractivity contribution < 1.29 is 17.1 Å². The molecule has 0 spiro atoms. The van der Waals surface area contributed by atoms with Gasteiger partial charge in [-0.05, 0) is 65.7 Å². The normalized spacial score (nSPS) is 14.1. The fraction of sp³-hybridized carbons (Fsp3) is 0.833. The second-order valence-electron chi connectivity index (χ2n) is 11.1. The average molecular weight is 480 g/mol. The molecule has 166 valence electrons. The smallest absolute Gasteiger partial charge is 0.419 e. The van der Waals surface area contributed by atoms with Crippen LogP contribution in [0, 0.1) is 0 Å². The van der Waals surface area contributed by atoms with E-state index in [-0.39, 0.29) is 5.91 Å². The van der Waals surface area contributed by atoms with Crippen LogP contribution in [0.1, 0.15) is 13.3 Å². The Labute approximate surface area is 179 Å². The van der Waals surface area contributed by atoms with E-state index in [1.165, 1.54) is 0 Å². The van der Waals surface area contributed by atoms with E-state index in [4.69, 9.17) is 12.3 Å². The maximum absolute atomic E-state index is 11.8. The van der Waals surface area contributed by atoms with E-state index in [1.54, 1.807) is 6.92 Å². The lowest BCUT2D eigenvalue weighted by Crippen LogP contribution is -2.66. The summed E-state index contributed by atoms with van der Waals surface area (Å²) in [5.41, 5.74) is 0.531. The molecular weight excluding hydrogens is 435 g/mol. The molecule has 28 heavy (non-hydrogen) atoms. The molecule has 0 aliphatic carbocycles. The molecule has 0 bridgehead atoms. The van der Waals surface area contributed by atoms with Crippen LogP contribution in [0.5, 0.6) is 0 Å². The van der Waals surface area contributed by atoms with Gasteiger partial charge in [0, 0.05) is 18.2 Å². The maximum Gasteiger partial charge on any atom is 0.469 e. The Bertz CT molecular complexity index is 532. The van der Waals surface area contributed by atoms with Gasteiger partial charge in [-0.3, -0.25) is 4.79 Å². The van der Waals surface area contributed by atoms with Gasteiger partial charge >= 0.3 is 8.80 Å². The van der Waals surface area contributed by atoms with Crippen molar-refractivity contribution in [1.82, 2.24) is 5.32 Å². The highest BCUT2D eigenvalue weighted by atomic mass is 29.3. The minimum Gasteiger partial charge on any atom is -0.419 e. The predicted molar refractivity (Wildman–Crippen MR) is 134 cm³/mol. The van der Waals surface area contributed by atoms with Crippen LogP contribution in [0.2, 0.25) is 78.1 Å². The standard InChI is InChI=1S/C18H45NO4Si5/c1-17(2)18(20)19-15-14-16-28(21-24(3,4)5,22-25(6,7)8)23-27(12,13)26(9,10)11/h1,14-16H2,2-13H3,(H,19,20). The minimum absolute atomic E-state index is 0.0952. The van der Waals surface area contributed by atoms with E-state index >= 15 is 0 Å². The first kappa shape index (κ1) is 28.2. The van der Waals surface area contributed by atoms with E-state index in [1.807, 2.05) is 0 Å². The number of hydrogen-bond acceptors (Lipinski definition) is 4. The van der Waals surface area contributed by atoms with Gasteiger partial charge in [-0.25, -0.2) is 0 Å². The highest BCUT2D eigenvalue weighted by molar-refractivity contribution is 7.38. The third-order valence-electron chi connectivity index (χ3n) is 4.47. The molecule has 10 heteroatoms. The van der Waals surface area contributed by atoms with Gasteiger partial charge in [-0.1, -0.05) is 26.2 Å². The quantitative estimate of drug-likeness (QED) is 0.233. The molecule has 0 radical (unpaired) electrons. The summed E-state index contributed by atoms with van der Waals surface area (Å²) in [6.45, 7) is 31.0. The molecule has 0 aliphatic rings. The van der Waals surface area contributed by atoms with Crippen LogP contribution in [0.15, 0.2) is 12.2 Å². The Morgan fingerprint density at radius 1 is 0.821 bits per heavy atom. The first-order chi connectivity index (χ1) is 12.2. The molecule has 0 unspecified atom stereocenters. The Morgan fingerprint density at radius 3 is 1.57 bits per heavy atom. The van der Waals surface area contributed by atoms with E-state index < -0.39 is 40.9 Å². The topological polar surface area (TPSA) is 56.8 Å². The minimum atomic E-state index is -2.86. The zero-order chi connectivity index (χ0) is 22.6. The van der Waals surface area contributed by atoms with Crippen molar-refractivity contribution in [2.75, 3.05) is 6.54 Å². The first-order valence-corrected chi connectivity index (χ1v) is 26.4. The second kappa shape index (κ2) is 9.99. The Balaban J connectivity index is 5.71. The molecule has 0 saturated heterocycles. The van der Waals surface area contributed by atoms with Crippen LogP contribution >= 0.6 is 0 Å². The highest BCUT2D eigenvalue weighted by Gasteiger charge is 2.53. The zero-order valence-corrected chi connectivity index (χ0v) is 25.5. The number of carbonyl (C=O) groups is 1. The van der Waals surface area contributed by atoms with Crippen LogP contribution < -0.4 is 5.32 Å². The lowest BCUT2D eigenvalue weighted by Gasteiger charge is -2.47. The van der Waals surface area contributed by atoms with Crippen LogP contribution in [-0.4, -0.2) is 53.3 Å². The molecule has 0 aromatic carbocycles. The largest absolute Gasteiger partial charge is 0.469 e. The summed E-state index contributed by atoms with van der Waals surface area (Å²) in [5, 5.41) is 2.93. The van der Waals surface area contributed by atoms with Crippen molar-refractivity contribution in [2.24, 2.45) is 0 Å². The SMILES string of the molecule is C=C(C)C(=O)NCCC[Si](O[Si](C)(C)C)(O[Si](C)(C)C)O[Si](C)(C)[Si](C)(C)C. The van der Waals surface area contributed by atoms with E-state index in [0.717, 1.165) is 12.5 Å². The third-order valence-corrected chi connectivity index (χ3v) is 31.5. The van der Waals surface area contributed by atoms with Gasteiger partial charge in [-0.2, -0.15) is 0 Å². The van der Waals surface area contributed by atoms with Crippen molar-refractivity contribution in [1.29, 1.82) is 0 Å². The zero-order valence-electron chi connectivity index (χ0n) is 20.5. The van der Waals surface area contributed by atoms with Gasteiger partial charge in [0.05, 0.1) is 7.59 Å². The summed E-state index contributed by atoms with van der Waals surface area (Å²) in [4.78, 5) is 11.8. The van der Waals surface area contributed by atoms with Gasteiger partial charge in [-0.15, -0.1) is 0 Å².